The third-order valence-electron chi connectivity index (χ3n) is 2.82. The lowest BCUT2D eigenvalue weighted by molar-refractivity contribution is 0.466. The molecule has 0 unspecified atom stereocenters. The van der Waals surface area contributed by atoms with E-state index >= 15 is 0 Å². The predicted molar refractivity (Wildman–Crippen MR) is 82.5 cm³/mol. The molecule has 1 aromatic heterocycles. The Labute approximate surface area is 126 Å². The van der Waals surface area contributed by atoms with E-state index in [-0.39, 0.29) is 10.6 Å². The summed E-state index contributed by atoms with van der Waals surface area (Å²) < 4.78 is 30.5. The zero-order chi connectivity index (χ0) is 16.2. The molecule has 0 aliphatic carbocycles. The molecule has 0 aliphatic rings. The highest BCUT2D eigenvalue weighted by atomic mass is 32.2. The molecule has 0 fully saturated rings. The van der Waals surface area contributed by atoms with Gasteiger partial charge in [0.1, 0.15) is 0 Å². The van der Waals surface area contributed by atoms with Gasteiger partial charge < -0.3 is 10.1 Å². The summed E-state index contributed by atoms with van der Waals surface area (Å²) in [6.07, 6.45) is 1.46. The Balaban J connectivity index is 0.000000188. The van der Waals surface area contributed by atoms with Crippen LogP contribution in [0.5, 0.6) is 5.75 Å². The Hall–Kier alpha value is -2.64. The summed E-state index contributed by atoms with van der Waals surface area (Å²) in [6.45, 7) is 0. The Morgan fingerprint density at radius 2 is 1.59 bits per heavy atom. The molecule has 0 amide bonds. The molecular weight excluding hydrogens is 306 g/mol. The van der Waals surface area contributed by atoms with Crippen LogP contribution in [0.3, 0.4) is 0 Å². The third kappa shape index (κ3) is 3.94. The molecule has 114 valence electrons. The van der Waals surface area contributed by atoms with Crippen LogP contribution in [0.25, 0.3) is 10.8 Å². The molecule has 7 heteroatoms. The van der Waals surface area contributed by atoms with Gasteiger partial charge in [-0.05, 0) is 35.0 Å². The minimum absolute atomic E-state index is 0.0730. The summed E-state index contributed by atoms with van der Waals surface area (Å²) in [5.41, 5.74) is -0.451. The fraction of sp³-hybridized carbons (Fsp3) is 0. The lowest BCUT2D eigenvalue weighted by Gasteiger charge is -1.99. The molecule has 0 saturated heterocycles. The highest BCUT2D eigenvalue weighted by Gasteiger charge is 2.08. The maximum absolute atomic E-state index is 10.8. The molecule has 2 aromatic carbocycles. The molecule has 0 bridgehead atoms. The van der Waals surface area contributed by atoms with Gasteiger partial charge in [-0.2, -0.15) is 8.42 Å². The van der Waals surface area contributed by atoms with E-state index in [1.165, 1.54) is 24.4 Å². The topological polar surface area (TPSA) is 107 Å². The lowest BCUT2D eigenvalue weighted by atomic mass is 10.1. The second-order valence-corrected chi connectivity index (χ2v) is 5.79. The lowest BCUT2D eigenvalue weighted by Crippen LogP contribution is -2.01. The number of aromatic hydroxyl groups is 1. The van der Waals surface area contributed by atoms with Crippen LogP contribution in [0.15, 0.2) is 70.5 Å². The summed E-state index contributed by atoms with van der Waals surface area (Å²) in [7, 11) is -4.09. The number of aromatic amines is 1. The average molecular weight is 319 g/mol. The van der Waals surface area contributed by atoms with Gasteiger partial charge in [0.05, 0.1) is 4.90 Å². The van der Waals surface area contributed by atoms with Crippen molar-refractivity contribution in [2.24, 2.45) is 0 Å². The summed E-state index contributed by atoms with van der Waals surface area (Å²) >= 11 is 0. The Morgan fingerprint density at radius 3 is 2.14 bits per heavy atom. The quantitative estimate of drug-likeness (QED) is 0.596. The molecular formula is C15H13NO5S. The summed E-state index contributed by atoms with van der Waals surface area (Å²) in [5.74, 6) is -0.243. The van der Waals surface area contributed by atoms with Crippen molar-refractivity contribution >= 4 is 20.9 Å². The molecule has 6 nitrogen and oxygen atoms in total. The van der Waals surface area contributed by atoms with Crippen molar-refractivity contribution in [3.8, 4) is 5.75 Å². The van der Waals surface area contributed by atoms with Crippen LogP contribution in [0, 0.1) is 0 Å². The van der Waals surface area contributed by atoms with E-state index in [9.17, 15) is 13.2 Å². The normalized spacial score (nSPS) is 10.8. The maximum Gasteiger partial charge on any atom is 0.294 e. The van der Waals surface area contributed by atoms with Crippen LogP contribution in [0.2, 0.25) is 0 Å². The molecule has 0 atom stereocenters. The highest BCUT2D eigenvalue weighted by molar-refractivity contribution is 7.85. The standard InChI is InChI=1S/C10H8O3S.C5H5NO2/c11-14(12,13)10-6-5-8-3-1-2-4-9(8)7-10;7-4-2-1-3-6-5(4)8/h1-7H,(H,11,12,13);1-3,7H,(H,6,8). The molecule has 22 heavy (non-hydrogen) atoms. The van der Waals surface area contributed by atoms with E-state index < -0.39 is 15.7 Å². The molecule has 3 aromatic rings. The van der Waals surface area contributed by atoms with Gasteiger partial charge in [-0.25, -0.2) is 0 Å². The maximum atomic E-state index is 10.8. The minimum atomic E-state index is -4.09. The Morgan fingerprint density at radius 1 is 0.909 bits per heavy atom. The van der Waals surface area contributed by atoms with E-state index in [0.29, 0.717) is 0 Å². The van der Waals surface area contributed by atoms with E-state index in [0.717, 1.165) is 10.8 Å². The smallest absolute Gasteiger partial charge is 0.294 e. The SMILES string of the molecule is O=S(=O)(O)c1ccc2ccccc2c1.O=c1[nH]cccc1O. The van der Waals surface area contributed by atoms with Crippen molar-refractivity contribution in [3.05, 3.63) is 71.1 Å². The fourth-order valence-electron chi connectivity index (χ4n) is 1.74. The number of H-pyrrole nitrogens is 1. The fourth-order valence-corrected chi connectivity index (χ4v) is 2.26. The monoisotopic (exact) mass is 319 g/mol. The minimum Gasteiger partial charge on any atom is -0.503 e. The van der Waals surface area contributed by atoms with Crippen LogP contribution in [-0.4, -0.2) is 23.1 Å². The van der Waals surface area contributed by atoms with Gasteiger partial charge in [-0.1, -0.05) is 30.3 Å². The van der Waals surface area contributed by atoms with Gasteiger partial charge in [-0.15, -0.1) is 0 Å². The van der Waals surface area contributed by atoms with Gasteiger partial charge in [0, 0.05) is 6.20 Å². The summed E-state index contributed by atoms with van der Waals surface area (Å²) in [5, 5.41) is 10.3. The second-order valence-electron chi connectivity index (χ2n) is 4.37. The van der Waals surface area contributed by atoms with Gasteiger partial charge in [0.15, 0.2) is 5.75 Å². The molecule has 3 N–H and O–H groups in total. The number of nitrogens with one attached hydrogen (secondary N) is 1. The molecule has 0 spiro atoms. The Bertz CT molecular complexity index is 947. The van der Waals surface area contributed by atoms with Crippen LogP contribution < -0.4 is 5.56 Å². The van der Waals surface area contributed by atoms with Crippen molar-refractivity contribution in [2.45, 2.75) is 4.90 Å². The molecule has 0 radical (unpaired) electrons. The first-order valence-corrected chi connectivity index (χ1v) is 7.65. The summed E-state index contributed by atoms with van der Waals surface area (Å²) in [4.78, 5) is 12.5. The number of fused-ring (bicyclic) bond motifs is 1. The first-order valence-electron chi connectivity index (χ1n) is 6.21. The molecule has 0 aliphatic heterocycles. The first kappa shape index (κ1) is 15.7. The van der Waals surface area contributed by atoms with Crippen molar-refractivity contribution in [1.82, 2.24) is 4.98 Å². The van der Waals surface area contributed by atoms with Gasteiger partial charge >= 0.3 is 0 Å². The van der Waals surface area contributed by atoms with E-state index in [1.807, 2.05) is 18.2 Å². The van der Waals surface area contributed by atoms with Crippen molar-refractivity contribution < 1.29 is 18.1 Å². The largest absolute Gasteiger partial charge is 0.503 e. The number of pyridine rings is 1. The van der Waals surface area contributed by atoms with Crippen LogP contribution in [-0.2, 0) is 10.1 Å². The number of rotatable bonds is 1. The molecule has 1 heterocycles. The zero-order valence-electron chi connectivity index (χ0n) is 11.3. The Kier molecular flexibility index (Phi) is 4.59. The van der Waals surface area contributed by atoms with Crippen LogP contribution in [0.1, 0.15) is 0 Å². The molecule has 0 saturated carbocycles. The van der Waals surface area contributed by atoms with Gasteiger partial charge in [0.25, 0.3) is 15.7 Å². The highest BCUT2D eigenvalue weighted by Crippen LogP contribution is 2.18. The van der Waals surface area contributed by atoms with Crippen LogP contribution in [0.4, 0.5) is 0 Å². The zero-order valence-corrected chi connectivity index (χ0v) is 12.1. The van der Waals surface area contributed by atoms with Crippen LogP contribution >= 0.6 is 0 Å². The molecule has 3 rings (SSSR count). The van der Waals surface area contributed by atoms with E-state index in [4.69, 9.17) is 9.66 Å². The second kappa shape index (κ2) is 6.42. The average Bonchev–Trinajstić information content (AvgIpc) is 2.49. The van der Waals surface area contributed by atoms with Crippen molar-refractivity contribution in [3.63, 3.8) is 0 Å². The van der Waals surface area contributed by atoms with E-state index in [2.05, 4.69) is 4.98 Å². The predicted octanol–water partition coefficient (Wildman–Crippen LogP) is 2.17. The number of hydrogen-bond donors (Lipinski definition) is 3. The first-order chi connectivity index (χ1) is 10.4. The summed E-state index contributed by atoms with van der Waals surface area (Å²) in [6, 6.07) is 14.7. The van der Waals surface area contributed by atoms with Crippen molar-refractivity contribution in [1.29, 1.82) is 0 Å². The van der Waals surface area contributed by atoms with Crippen molar-refractivity contribution in [2.75, 3.05) is 0 Å². The number of hydrogen-bond acceptors (Lipinski definition) is 4. The third-order valence-corrected chi connectivity index (χ3v) is 3.67. The van der Waals surface area contributed by atoms with Gasteiger partial charge in [0.2, 0.25) is 0 Å². The number of aromatic nitrogens is 1. The number of benzene rings is 2. The van der Waals surface area contributed by atoms with E-state index in [1.54, 1.807) is 18.2 Å². The van der Waals surface area contributed by atoms with Gasteiger partial charge in [-0.3, -0.25) is 9.35 Å².